The van der Waals surface area contributed by atoms with Crippen LogP contribution in [-0.2, 0) is 11.2 Å². The van der Waals surface area contributed by atoms with Crippen LogP contribution in [0.1, 0.15) is 38.9 Å². The third kappa shape index (κ3) is 5.87. The van der Waals surface area contributed by atoms with Gasteiger partial charge in [-0.15, -0.1) is 0 Å². The quantitative estimate of drug-likeness (QED) is 0.744. The average molecular weight is 252 g/mol. The highest BCUT2D eigenvalue weighted by atomic mass is 16.3. The second-order valence-corrected chi connectivity index (χ2v) is 5.38. The number of nitrogens with one attached hydrogen (secondary N) is 1. The van der Waals surface area contributed by atoms with Crippen LogP contribution in [-0.4, -0.2) is 19.0 Å². The zero-order chi connectivity index (χ0) is 13.4. The van der Waals surface area contributed by atoms with Gasteiger partial charge in [-0.25, -0.2) is 0 Å². The third-order valence-electron chi connectivity index (χ3n) is 3.12. The molecular weight excluding hydrogens is 228 g/mol. The number of nitrogens with two attached hydrogens (primary N) is 1. The molecule has 1 heterocycles. The number of hydrogen-bond donors (Lipinski definition) is 2. The SMILES string of the molecule is CC(C)(CCN)CCC(=O)NCCc1ccco1. The van der Waals surface area contributed by atoms with E-state index in [1.807, 2.05) is 12.1 Å². The molecule has 1 aromatic rings. The Morgan fingerprint density at radius 2 is 2.22 bits per heavy atom. The lowest BCUT2D eigenvalue weighted by atomic mass is 9.84. The molecule has 0 aromatic carbocycles. The van der Waals surface area contributed by atoms with Crippen LogP contribution in [0.25, 0.3) is 0 Å². The summed E-state index contributed by atoms with van der Waals surface area (Å²) in [6.07, 6.45) is 4.77. The molecule has 0 atom stereocenters. The van der Waals surface area contributed by atoms with Crippen molar-refractivity contribution in [2.24, 2.45) is 11.1 Å². The van der Waals surface area contributed by atoms with Gasteiger partial charge in [0.2, 0.25) is 5.91 Å². The summed E-state index contributed by atoms with van der Waals surface area (Å²) in [5, 5.41) is 2.91. The topological polar surface area (TPSA) is 68.3 Å². The first-order valence-corrected chi connectivity index (χ1v) is 6.53. The van der Waals surface area contributed by atoms with Crippen molar-refractivity contribution in [3.63, 3.8) is 0 Å². The zero-order valence-corrected chi connectivity index (χ0v) is 11.4. The van der Waals surface area contributed by atoms with Gasteiger partial charge in [-0.1, -0.05) is 13.8 Å². The number of carbonyl (C=O) groups is 1. The van der Waals surface area contributed by atoms with E-state index in [2.05, 4.69) is 19.2 Å². The molecule has 1 aromatic heterocycles. The zero-order valence-electron chi connectivity index (χ0n) is 11.4. The van der Waals surface area contributed by atoms with Crippen LogP contribution in [0.15, 0.2) is 22.8 Å². The van der Waals surface area contributed by atoms with E-state index in [9.17, 15) is 4.79 Å². The van der Waals surface area contributed by atoms with Crippen molar-refractivity contribution >= 4 is 5.91 Å². The van der Waals surface area contributed by atoms with Gasteiger partial charge in [-0.2, -0.15) is 0 Å². The van der Waals surface area contributed by atoms with Gasteiger partial charge in [0.15, 0.2) is 0 Å². The minimum atomic E-state index is 0.103. The molecule has 0 aliphatic heterocycles. The molecule has 18 heavy (non-hydrogen) atoms. The van der Waals surface area contributed by atoms with Gasteiger partial charge >= 0.3 is 0 Å². The fourth-order valence-corrected chi connectivity index (χ4v) is 1.84. The predicted molar refractivity (Wildman–Crippen MR) is 72.1 cm³/mol. The van der Waals surface area contributed by atoms with Crippen LogP contribution in [0.5, 0.6) is 0 Å². The van der Waals surface area contributed by atoms with E-state index in [-0.39, 0.29) is 11.3 Å². The third-order valence-corrected chi connectivity index (χ3v) is 3.12. The molecule has 0 unspecified atom stereocenters. The lowest BCUT2D eigenvalue weighted by Crippen LogP contribution is -2.27. The minimum absolute atomic E-state index is 0.103. The van der Waals surface area contributed by atoms with E-state index in [0.29, 0.717) is 19.5 Å². The van der Waals surface area contributed by atoms with Gasteiger partial charge in [-0.05, 0) is 36.9 Å². The summed E-state index contributed by atoms with van der Waals surface area (Å²) in [4.78, 5) is 11.6. The summed E-state index contributed by atoms with van der Waals surface area (Å²) in [7, 11) is 0. The number of hydrogen-bond acceptors (Lipinski definition) is 3. The smallest absolute Gasteiger partial charge is 0.220 e. The number of carbonyl (C=O) groups excluding carboxylic acids is 1. The van der Waals surface area contributed by atoms with Gasteiger partial charge in [0.25, 0.3) is 0 Å². The molecule has 0 bridgehead atoms. The lowest BCUT2D eigenvalue weighted by Gasteiger charge is -2.23. The summed E-state index contributed by atoms with van der Waals surface area (Å²) < 4.78 is 5.20. The number of rotatable bonds is 8. The molecule has 0 radical (unpaired) electrons. The largest absolute Gasteiger partial charge is 0.469 e. The van der Waals surface area contributed by atoms with Crippen LogP contribution in [0.4, 0.5) is 0 Å². The second kappa shape index (κ2) is 7.21. The highest BCUT2D eigenvalue weighted by molar-refractivity contribution is 5.75. The Balaban J connectivity index is 2.14. The van der Waals surface area contributed by atoms with E-state index in [1.165, 1.54) is 0 Å². The molecule has 0 saturated heterocycles. The van der Waals surface area contributed by atoms with Crippen LogP contribution in [0.3, 0.4) is 0 Å². The normalized spacial score (nSPS) is 11.5. The first-order valence-electron chi connectivity index (χ1n) is 6.53. The molecule has 1 rings (SSSR count). The fraction of sp³-hybridized carbons (Fsp3) is 0.643. The Kier molecular flexibility index (Phi) is 5.92. The highest BCUT2D eigenvalue weighted by Crippen LogP contribution is 2.25. The van der Waals surface area contributed by atoms with Gasteiger partial charge in [0.1, 0.15) is 5.76 Å². The van der Waals surface area contributed by atoms with E-state index < -0.39 is 0 Å². The van der Waals surface area contributed by atoms with E-state index in [0.717, 1.165) is 25.0 Å². The van der Waals surface area contributed by atoms with Crippen molar-refractivity contribution < 1.29 is 9.21 Å². The summed E-state index contributed by atoms with van der Waals surface area (Å²) in [6.45, 7) is 5.60. The average Bonchev–Trinajstić information content (AvgIpc) is 2.79. The molecular formula is C14H24N2O2. The van der Waals surface area contributed by atoms with Crippen molar-refractivity contribution in [1.82, 2.24) is 5.32 Å². The standard InChI is InChI=1S/C14H24N2O2/c1-14(2,8-9-15)7-5-13(17)16-10-6-12-4-3-11-18-12/h3-4,11H,5-10,15H2,1-2H3,(H,16,17). The van der Waals surface area contributed by atoms with E-state index >= 15 is 0 Å². The Bertz CT molecular complexity index is 345. The number of amides is 1. The van der Waals surface area contributed by atoms with Crippen LogP contribution < -0.4 is 11.1 Å². The van der Waals surface area contributed by atoms with E-state index in [1.54, 1.807) is 6.26 Å². The maximum atomic E-state index is 11.6. The Morgan fingerprint density at radius 1 is 1.44 bits per heavy atom. The second-order valence-electron chi connectivity index (χ2n) is 5.38. The Labute approximate surface area is 109 Å². The first-order chi connectivity index (χ1) is 8.53. The molecule has 0 aliphatic carbocycles. The van der Waals surface area contributed by atoms with Gasteiger partial charge < -0.3 is 15.5 Å². The first kappa shape index (κ1) is 14.8. The summed E-state index contributed by atoms with van der Waals surface area (Å²) in [6, 6.07) is 3.77. The lowest BCUT2D eigenvalue weighted by molar-refractivity contribution is -0.121. The molecule has 4 nitrogen and oxygen atoms in total. The fourth-order valence-electron chi connectivity index (χ4n) is 1.84. The van der Waals surface area contributed by atoms with Crippen molar-refractivity contribution in [1.29, 1.82) is 0 Å². The molecule has 0 aliphatic rings. The highest BCUT2D eigenvalue weighted by Gasteiger charge is 2.18. The van der Waals surface area contributed by atoms with Crippen molar-refractivity contribution in [3.8, 4) is 0 Å². The van der Waals surface area contributed by atoms with Crippen molar-refractivity contribution in [2.45, 2.75) is 39.5 Å². The Hall–Kier alpha value is -1.29. The predicted octanol–water partition coefficient (Wildman–Crippen LogP) is 2.09. The minimum Gasteiger partial charge on any atom is -0.469 e. The molecule has 1 amide bonds. The summed E-state index contributed by atoms with van der Waals surface area (Å²) in [5.41, 5.74) is 5.69. The van der Waals surface area contributed by atoms with Crippen molar-refractivity contribution in [2.75, 3.05) is 13.1 Å². The van der Waals surface area contributed by atoms with Gasteiger partial charge in [0, 0.05) is 19.4 Å². The summed E-state index contributed by atoms with van der Waals surface area (Å²) in [5.74, 6) is 1.01. The molecule has 102 valence electrons. The Morgan fingerprint density at radius 3 is 2.83 bits per heavy atom. The van der Waals surface area contributed by atoms with Gasteiger partial charge in [0.05, 0.1) is 6.26 Å². The van der Waals surface area contributed by atoms with Crippen LogP contribution in [0, 0.1) is 5.41 Å². The number of furan rings is 1. The molecule has 3 N–H and O–H groups in total. The maximum Gasteiger partial charge on any atom is 0.220 e. The molecule has 0 saturated carbocycles. The van der Waals surface area contributed by atoms with Crippen molar-refractivity contribution in [3.05, 3.63) is 24.2 Å². The van der Waals surface area contributed by atoms with Crippen LogP contribution in [0.2, 0.25) is 0 Å². The van der Waals surface area contributed by atoms with Gasteiger partial charge in [-0.3, -0.25) is 4.79 Å². The molecule has 0 spiro atoms. The summed E-state index contributed by atoms with van der Waals surface area (Å²) >= 11 is 0. The monoisotopic (exact) mass is 252 g/mol. The molecule has 4 heteroatoms. The van der Waals surface area contributed by atoms with E-state index in [4.69, 9.17) is 10.2 Å². The molecule has 0 fully saturated rings. The van der Waals surface area contributed by atoms with Crippen LogP contribution >= 0.6 is 0 Å². The maximum absolute atomic E-state index is 11.6.